The van der Waals surface area contributed by atoms with E-state index in [1.54, 1.807) is 0 Å². The minimum atomic E-state index is -0.274. The van der Waals surface area contributed by atoms with E-state index in [2.05, 4.69) is 10.6 Å². The number of aliphatic hydroxyl groups excluding tert-OH is 1. The van der Waals surface area contributed by atoms with Gasteiger partial charge < -0.3 is 20.5 Å². The van der Waals surface area contributed by atoms with Crippen molar-refractivity contribution in [2.75, 3.05) is 19.8 Å². The molecule has 0 aromatic heterocycles. The molecule has 2 atom stereocenters. The SMILES string of the molecule is CC(NC(=O)N[C@H](CO)Cc1ccccc1)C1CCOCC1. The summed E-state index contributed by atoms with van der Waals surface area (Å²) in [7, 11) is 0. The number of nitrogens with one attached hydrogen (secondary N) is 2. The van der Waals surface area contributed by atoms with E-state index in [1.807, 2.05) is 37.3 Å². The Bertz CT molecular complexity index is 446. The Morgan fingerprint density at radius 1 is 1.27 bits per heavy atom. The lowest BCUT2D eigenvalue weighted by Crippen LogP contribution is -2.49. The van der Waals surface area contributed by atoms with Crippen LogP contribution in [0, 0.1) is 5.92 Å². The van der Waals surface area contributed by atoms with Crippen LogP contribution in [0.2, 0.25) is 0 Å². The van der Waals surface area contributed by atoms with Crippen LogP contribution in [0.25, 0.3) is 0 Å². The highest BCUT2D eigenvalue weighted by atomic mass is 16.5. The maximum atomic E-state index is 12.1. The molecule has 2 amide bonds. The van der Waals surface area contributed by atoms with Gasteiger partial charge in [0.25, 0.3) is 0 Å². The Balaban J connectivity index is 1.78. The third-order valence-electron chi connectivity index (χ3n) is 4.21. The van der Waals surface area contributed by atoms with Crippen LogP contribution in [0.1, 0.15) is 25.3 Å². The number of carbonyl (C=O) groups is 1. The summed E-state index contributed by atoms with van der Waals surface area (Å²) in [6.07, 6.45) is 2.58. The number of benzene rings is 1. The fourth-order valence-electron chi connectivity index (χ4n) is 2.83. The summed E-state index contributed by atoms with van der Waals surface area (Å²) in [5, 5.41) is 15.3. The van der Waals surface area contributed by atoms with Gasteiger partial charge in [0.05, 0.1) is 12.6 Å². The smallest absolute Gasteiger partial charge is 0.315 e. The summed E-state index contributed by atoms with van der Waals surface area (Å²) in [6, 6.07) is 9.47. The largest absolute Gasteiger partial charge is 0.394 e. The van der Waals surface area contributed by atoms with Crippen LogP contribution in [0.5, 0.6) is 0 Å². The van der Waals surface area contributed by atoms with Crippen molar-refractivity contribution in [2.45, 2.75) is 38.3 Å². The average molecular weight is 306 g/mol. The molecule has 5 nitrogen and oxygen atoms in total. The summed E-state index contributed by atoms with van der Waals surface area (Å²) >= 11 is 0. The second-order valence-corrected chi connectivity index (χ2v) is 5.93. The summed E-state index contributed by atoms with van der Waals surface area (Å²) < 4.78 is 5.34. The molecule has 1 saturated heterocycles. The van der Waals surface area contributed by atoms with E-state index in [0.29, 0.717) is 12.3 Å². The first-order valence-corrected chi connectivity index (χ1v) is 7.98. The second kappa shape index (κ2) is 8.76. The number of ether oxygens (including phenoxy) is 1. The monoisotopic (exact) mass is 306 g/mol. The highest BCUT2D eigenvalue weighted by molar-refractivity contribution is 5.74. The van der Waals surface area contributed by atoms with Crippen molar-refractivity contribution in [3.8, 4) is 0 Å². The topological polar surface area (TPSA) is 70.6 Å². The van der Waals surface area contributed by atoms with E-state index in [4.69, 9.17) is 4.74 Å². The van der Waals surface area contributed by atoms with Crippen LogP contribution in [-0.4, -0.2) is 43.0 Å². The van der Waals surface area contributed by atoms with Crippen LogP contribution in [0.3, 0.4) is 0 Å². The molecule has 3 N–H and O–H groups in total. The molecule has 1 aromatic carbocycles. The van der Waals surface area contributed by atoms with Crippen molar-refractivity contribution in [1.29, 1.82) is 0 Å². The molecule has 1 aliphatic rings. The maximum Gasteiger partial charge on any atom is 0.315 e. The normalized spacial score (nSPS) is 18.5. The standard InChI is InChI=1S/C17H26N2O3/c1-13(15-7-9-22-10-8-15)18-17(21)19-16(12-20)11-14-5-3-2-4-6-14/h2-6,13,15-16,20H,7-12H2,1H3,(H2,18,19,21)/t13?,16-/m0/s1. The molecule has 0 bridgehead atoms. The van der Waals surface area contributed by atoms with Gasteiger partial charge in [-0.15, -0.1) is 0 Å². The number of hydrogen-bond donors (Lipinski definition) is 3. The van der Waals surface area contributed by atoms with E-state index >= 15 is 0 Å². The molecule has 0 aliphatic carbocycles. The van der Waals surface area contributed by atoms with Crippen molar-refractivity contribution >= 4 is 6.03 Å². The van der Waals surface area contributed by atoms with Gasteiger partial charge in [-0.1, -0.05) is 30.3 Å². The number of hydrogen-bond acceptors (Lipinski definition) is 3. The third kappa shape index (κ3) is 5.31. The van der Waals surface area contributed by atoms with Crippen LogP contribution < -0.4 is 10.6 Å². The Labute approximate surface area is 132 Å². The molecule has 0 radical (unpaired) electrons. The predicted octanol–water partition coefficient (Wildman–Crippen LogP) is 1.70. The highest BCUT2D eigenvalue weighted by Crippen LogP contribution is 2.18. The number of carbonyl (C=O) groups excluding carboxylic acids is 1. The molecule has 1 fully saturated rings. The number of rotatable bonds is 6. The molecule has 0 spiro atoms. The predicted molar refractivity (Wildman–Crippen MR) is 85.7 cm³/mol. The van der Waals surface area contributed by atoms with Gasteiger partial charge in [0.2, 0.25) is 0 Å². The third-order valence-corrected chi connectivity index (χ3v) is 4.21. The van der Waals surface area contributed by atoms with Gasteiger partial charge in [0.15, 0.2) is 0 Å². The fourth-order valence-corrected chi connectivity index (χ4v) is 2.83. The Morgan fingerprint density at radius 2 is 1.95 bits per heavy atom. The second-order valence-electron chi connectivity index (χ2n) is 5.93. The summed E-state index contributed by atoms with van der Waals surface area (Å²) in [6.45, 7) is 3.49. The number of amides is 2. The molecule has 1 heterocycles. The van der Waals surface area contributed by atoms with Gasteiger partial charge in [-0.25, -0.2) is 4.79 Å². The van der Waals surface area contributed by atoms with Crippen molar-refractivity contribution in [3.05, 3.63) is 35.9 Å². The minimum absolute atomic E-state index is 0.0754. The first kappa shape index (κ1) is 16.8. The summed E-state index contributed by atoms with van der Waals surface area (Å²) in [4.78, 5) is 12.1. The lowest BCUT2D eigenvalue weighted by atomic mass is 9.93. The molecule has 2 rings (SSSR count). The highest BCUT2D eigenvalue weighted by Gasteiger charge is 2.22. The molecule has 1 unspecified atom stereocenters. The van der Waals surface area contributed by atoms with Crippen molar-refractivity contribution < 1.29 is 14.6 Å². The summed E-state index contributed by atoms with van der Waals surface area (Å²) in [5.41, 5.74) is 1.10. The minimum Gasteiger partial charge on any atom is -0.394 e. The van der Waals surface area contributed by atoms with E-state index in [0.717, 1.165) is 31.6 Å². The first-order chi connectivity index (χ1) is 10.7. The van der Waals surface area contributed by atoms with Gasteiger partial charge in [0, 0.05) is 19.3 Å². The molecule has 1 aliphatic heterocycles. The number of aliphatic hydroxyl groups is 1. The Morgan fingerprint density at radius 3 is 2.59 bits per heavy atom. The van der Waals surface area contributed by atoms with Gasteiger partial charge in [-0.2, -0.15) is 0 Å². The van der Waals surface area contributed by atoms with E-state index in [1.165, 1.54) is 0 Å². The molecule has 22 heavy (non-hydrogen) atoms. The molecular weight excluding hydrogens is 280 g/mol. The van der Waals surface area contributed by atoms with Crippen molar-refractivity contribution in [2.24, 2.45) is 5.92 Å². The Kier molecular flexibility index (Phi) is 6.68. The zero-order valence-corrected chi connectivity index (χ0v) is 13.1. The van der Waals surface area contributed by atoms with Gasteiger partial charge in [-0.3, -0.25) is 0 Å². The molecule has 0 saturated carbocycles. The van der Waals surface area contributed by atoms with Gasteiger partial charge in [-0.05, 0) is 37.7 Å². The lowest BCUT2D eigenvalue weighted by molar-refractivity contribution is 0.0570. The Hall–Kier alpha value is -1.59. The van der Waals surface area contributed by atoms with E-state index in [9.17, 15) is 9.90 Å². The van der Waals surface area contributed by atoms with Crippen LogP contribution >= 0.6 is 0 Å². The van der Waals surface area contributed by atoms with E-state index < -0.39 is 0 Å². The van der Waals surface area contributed by atoms with Crippen molar-refractivity contribution in [3.63, 3.8) is 0 Å². The van der Waals surface area contributed by atoms with Crippen LogP contribution in [0.15, 0.2) is 30.3 Å². The van der Waals surface area contributed by atoms with E-state index in [-0.39, 0.29) is 24.7 Å². The zero-order valence-electron chi connectivity index (χ0n) is 13.1. The van der Waals surface area contributed by atoms with Crippen molar-refractivity contribution in [1.82, 2.24) is 10.6 Å². The quantitative estimate of drug-likeness (QED) is 0.749. The lowest BCUT2D eigenvalue weighted by Gasteiger charge is -2.29. The van der Waals surface area contributed by atoms with Crippen LogP contribution in [-0.2, 0) is 11.2 Å². The molecule has 1 aromatic rings. The molecular formula is C17H26N2O3. The van der Waals surface area contributed by atoms with Gasteiger partial charge in [0.1, 0.15) is 0 Å². The maximum absolute atomic E-state index is 12.1. The van der Waals surface area contributed by atoms with Crippen LogP contribution in [0.4, 0.5) is 4.79 Å². The van der Waals surface area contributed by atoms with Gasteiger partial charge >= 0.3 is 6.03 Å². The average Bonchev–Trinajstić information content (AvgIpc) is 2.56. The molecule has 5 heteroatoms. The zero-order chi connectivity index (χ0) is 15.8. The summed E-state index contributed by atoms with van der Waals surface area (Å²) in [5.74, 6) is 0.459. The first-order valence-electron chi connectivity index (χ1n) is 7.98. The molecule has 122 valence electrons. The fraction of sp³-hybridized carbons (Fsp3) is 0.588. The number of urea groups is 1.